The molecule has 3 atom stereocenters. The van der Waals surface area contributed by atoms with E-state index < -0.39 is 0 Å². The summed E-state index contributed by atoms with van der Waals surface area (Å²) in [5, 5.41) is 21.8. The molecule has 3 unspecified atom stereocenters. The summed E-state index contributed by atoms with van der Waals surface area (Å²) >= 11 is 1.60. The Kier molecular flexibility index (Phi) is 15.3. The van der Waals surface area contributed by atoms with Gasteiger partial charge in [-0.2, -0.15) is 0 Å². The number of nitrogens with zero attached hydrogens (tertiary/aromatic N) is 1. The van der Waals surface area contributed by atoms with Crippen LogP contribution in [-0.2, 0) is 20.9 Å². The fourth-order valence-electron chi connectivity index (χ4n) is 6.06. The number of aromatic nitrogens is 1. The van der Waals surface area contributed by atoms with Gasteiger partial charge >= 0.3 is 0 Å². The second-order valence-electron chi connectivity index (χ2n) is 13.3. The minimum Gasteiger partial charge on any atom is -0.431 e. The van der Waals surface area contributed by atoms with Gasteiger partial charge in [0.2, 0.25) is 11.8 Å². The van der Waals surface area contributed by atoms with E-state index in [4.69, 9.17) is 19.3 Å². The number of aliphatic hydroxyl groups excluding tert-OH is 1. The largest absolute Gasteiger partial charge is 0.431 e. The molecule has 5 aromatic rings. The first kappa shape index (κ1) is 39.5. The van der Waals surface area contributed by atoms with Crippen LogP contribution in [-0.4, -0.2) is 32.9 Å². The number of rotatable bonds is 20. The first-order valence-corrected chi connectivity index (χ1v) is 19.2. The highest BCUT2D eigenvalue weighted by Gasteiger charge is 2.22. The highest BCUT2D eigenvalue weighted by Crippen LogP contribution is 2.38. The van der Waals surface area contributed by atoms with Crippen LogP contribution in [0.5, 0.6) is 0 Å². The molecule has 0 saturated carbocycles. The van der Waals surface area contributed by atoms with Gasteiger partial charge in [-0.25, -0.2) is 10.5 Å². The first-order chi connectivity index (χ1) is 25.8. The van der Waals surface area contributed by atoms with E-state index in [1.165, 1.54) is 0 Å². The van der Waals surface area contributed by atoms with Crippen molar-refractivity contribution in [3.8, 4) is 22.6 Å². The third kappa shape index (κ3) is 12.2. The fraction of sp³-hybridized carbons (Fsp3) is 0.326. The second-order valence-corrected chi connectivity index (χ2v) is 14.3. The van der Waals surface area contributed by atoms with Crippen molar-refractivity contribution < 1.29 is 29.1 Å². The number of thioether (sulfide) groups is 1. The van der Waals surface area contributed by atoms with Gasteiger partial charge in [0.25, 0.3) is 5.22 Å². The Hall–Kier alpha value is -4.74. The number of nitrogens with one attached hydrogen (secondary N) is 2. The molecule has 4 N–H and O–H groups in total. The van der Waals surface area contributed by atoms with Crippen molar-refractivity contribution in [3.63, 3.8) is 0 Å². The maximum absolute atomic E-state index is 12.5. The summed E-state index contributed by atoms with van der Waals surface area (Å²) in [4.78, 5) is 28.5. The van der Waals surface area contributed by atoms with Gasteiger partial charge in [-0.05, 0) is 60.9 Å². The highest BCUT2D eigenvalue weighted by molar-refractivity contribution is 7.99. The normalized spacial score (nSPS) is 12.9. The Labute approximate surface area is 316 Å². The van der Waals surface area contributed by atoms with Gasteiger partial charge < -0.3 is 19.6 Å². The predicted octanol–water partition coefficient (Wildman–Crippen LogP) is 9.92. The number of carbonyl (C=O) groups is 2. The summed E-state index contributed by atoms with van der Waals surface area (Å²) < 4.78 is 13.1. The minimum absolute atomic E-state index is 0.0181. The third-order valence-corrected chi connectivity index (χ3v) is 10.2. The molecule has 10 heteroatoms. The lowest BCUT2D eigenvalue weighted by atomic mass is 9.98. The number of hydrogen-bond acceptors (Lipinski definition) is 8. The van der Waals surface area contributed by atoms with E-state index in [1.54, 1.807) is 17.2 Å². The average molecular weight is 736 g/mol. The van der Waals surface area contributed by atoms with Crippen LogP contribution in [0.3, 0.4) is 0 Å². The summed E-state index contributed by atoms with van der Waals surface area (Å²) in [6, 6.07) is 35.9. The molecule has 9 nitrogen and oxygen atoms in total. The number of anilines is 1. The standard InChI is InChI=1S/C43H49N3O6S/c1-30(29-53-43-45-41(35-13-7-5-8-14-35)42(52-43)36-15-9-6-10-16-36)27-38(34-21-19-32(28-47)20-22-34)51-31(2)33-23-25-37(26-24-33)44-39(48)17-11-3-4-12-18-40(49)46-50/h5-10,13-16,19-26,30-31,38,47,50H,3-4,11-12,17-18,27-29H2,1-2H3,(H,44,48)(H,46,49). The van der Waals surface area contributed by atoms with Gasteiger partial charge in [0.1, 0.15) is 5.69 Å². The van der Waals surface area contributed by atoms with Gasteiger partial charge in [-0.15, -0.1) is 0 Å². The lowest BCUT2D eigenvalue weighted by Crippen LogP contribution is -2.17. The molecule has 0 spiro atoms. The summed E-state index contributed by atoms with van der Waals surface area (Å²) in [7, 11) is 0. The lowest BCUT2D eigenvalue weighted by molar-refractivity contribution is -0.129. The SMILES string of the molecule is CC(CSc1nc(-c2ccccc2)c(-c2ccccc2)o1)CC(OC(C)c1ccc(NC(=O)CCCCCCC(=O)NO)cc1)c1ccc(CO)cc1. The van der Waals surface area contributed by atoms with E-state index in [2.05, 4.69) is 12.2 Å². The molecule has 278 valence electrons. The number of hydrogen-bond donors (Lipinski definition) is 4. The quantitative estimate of drug-likeness (QED) is 0.0269. The van der Waals surface area contributed by atoms with Crippen LogP contribution >= 0.6 is 11.8 Å². The molecule has 53 heavy (non-hydrogen) atoms. The van der Waals surface area contributed by atoms with Gasteiger partial charge in [0.05, 0.1) is 18.8 Å². The van der Waals surface area contributed by atoms with Crippen LogP contribution in [0, 0.1) is 5.92 Å². The van der Waals surface area contributed by atoms with Crippen LogP contribution in [0.1, 0.15) is 87.7 Å². The zero-order chi connectivity index (χ0) is 37.4. The molecular weight excluding hydrogens is 687 g/mol. The molecular formula is C43H49N3O6S. The molecule has 1 aromatic heterocycles. The van der Waals surface area contributed by atoms with Crippen LogP contribution in [0.2, 0.25) is 0 Å². The predicted molar refractivity (Wildman–Crippen MR) is 209 cm³/mol. The van der Waals surface area contributed by atoms with Gasteiger partial charge in [-0.3, -0.25) is 14.8 Å². The Morgan fingerprint density at radius 1 is 0.774 bits per heavy atom. The van der Waals surface area contributed by atoms with Crippen LogP contribution < -0.4 is 10.8 Å². The molecule has 5 rings (SSSR count). The second kappa shape index (κ2) is 20.5. The van der Waals surface area contributed by atoms with Gasteiger partial charge in [-0.1, -0.05) is 129 Å². The maximum atomic E-state index is 12.5. The third-order valence-electron chi connectivity index (χ3n) is 9.05. The average Bonchev–Trinajstić information content (AvgIpc) is 3.63. The number of oxazole rings is 1. The molecule has 0 aliphatic carbocycles. The number of amides is 2. The first-order valence-electron chi connectivity index (χ1n) is 18.2. The van der Waals surface area contributed by atoms with Gasteiger partial charge in [0.15, 0.2) is 5.76 Å². The molecule has 0 aliphatic rings. The molecule has 0 fully saturated rings. The van der Waals surface area contributed by atoms with E-state index >= 15 is 0 Å². The van der Waals surface area contributed by atoms with Crippen molar-refractivity contribution in [1.82, 2.24) is 10.5 Å². The fourth-order valence-corrected chi connectivity index (χ4v) is 6.92. The molecule has 0 bridgehead atoms. The molecule has 0 saturated heterocycles. The van der Waals surface area contributed by atoms with E-state index in [0.717, 1.165) is 76.4 Å². The van der Waals surface area contributed by atoms with E-state index in [0.29, 0.717) is 18.1 Å². The maximum Gasteiger partial charge on any atom is 0.256 e. The van der Waals surface area contributed by atoms with Gasteiger partial charge in [0, 0.05) is 35.4 Å². The topological polar surface area (TPSA) is 134 Å². The Morgan fingerprint density at radius 2 is 1.38 bits per heavy atom. The number of ether oxygens (including phenoxy) is 1. The summed E-state index contributed by atoms with van der Waals surface area (Å²) in [6.07, 6.45) is 4.09. The van der Waals surface area contributed by atoms with Crippen molar-refractivity contribution >= 4 is 29.3 Å². The number of unbranched alkanes of at least 4 members (excludes halogenated alkanes) is 3. The van der Waals surface area contributed by atoms with Crippen LogP contribution in [0.25, 0.3) is 22.6 Å². The number of aliphatic hydroxyl groups is 1. The number of carbonyl (C=O) groups excluding carboxylic acids is 2. The zero-order valence-electron chi connectivity index (χ0n) is 30.4. The smallest absolute Gasteiger partial charge is 0.256 e. The van der Waals surface area contributed by atoms with E-state index in [1.807, 2.05) is 116 Å². The zero-order valence-corrected chi connectivity index (χ0v) is 31.2. The highest BCUT2D eigenvalue weighted by atomic mass is 32.2. The van der Waals surface area contributed by atoms with Crippen molar-refractivity contribution in [2.24, 2.45) is 5.92 Å². The van der Waals surface area contributed by atoms with E-state index in [-0.39, 0.29) is 43.0 Å². The molecule has 4 aromatic carbocycles. The molecule has 0 aliphatic heterocycles. The van der Waals surface area contributed by atoms with Crippen molar-refractivity contribution in [1.29, 1.82) is 0 Å². The van der Waals surface area contributed by atoms with E-state index in [9.17, 15) is 14.7 Å². The monoisotopic (exact) mass is 735 g/mol. The Balaban J connectivity index is 1.19. The van der Waals surface area contributed by atoms with Crippen LogP contribution in [0.15, 0.2) is 119 Å². The lowest BCUT2D eigenvalue weighted by Gasteiger charge is -2.26. The minimum atomic E-state index is -0.387. The number of benzene rings is 4. The van der Waals surface area contributed by atoms with Crippen molar-refractivity contribution in [2.45, 2.75) is 82.8 Å². The summed E-state index contributed by atoms with van der Waals surface area (Å²) in [6.45, 7) is 4.23. The Morgan fingerprint density at radius 3 is 2.00 bits per heavy atom. The molecule has 0 radical (unpaired) electrons. The number of hydroxylamine groups is 1. The van der Waals surface area contributed by atoms with Crippen molar-refractivity contribution in [3.05, 3.63) is 126 Å². The molecule has 1 heterocycles. The summed E-state index contributed by atoms with van der Waals surface area (Å²) in [5.74, 6) is 1.35. The van der Waals surface area contributed by atoms with Crippen LogP contribution in [0.4, 0.5) is 5.69 Å². The molecule has 2 amide bonds. The van der Waals surface area contributed by atoms with Crippen molar-refractivity contribution in [2.75, 3.05) is 11.1 Å². The Bertz CT molecular complexity index is 1790. The summed E-state index contributed by atoms with van der Waals surface area (Å²) in [5.41, 5.74) is 8.07.